The Bertz CT molecular complexity index is 336. The molecule has 0 saturated carbocycles. The molecule has 0 fully saturated rings. The van der Waals surface area contributed by atoms with Gasteiger partial charge in [-0.25, -0.2) is 0 Å². The van der Waals surface area contributed by atoms with Crippen molar-refractivity contribution in [1.82, 2.24) is 0 Å². The van der Waals surface area contributed by atoms with Crippen molar-refractivity contribution < 1.29 is 23.7 Å². The molecule has 0 radical (unpaired) electrons. The van der Waals surface area contributed by atoms with E-state index >= 15 is 0 Å². The van der Waals surface area contributed by atoms with Gasteiger partial charge >= 0.3 is 6.61 Å². The zero-order chi connectivity index (χ0) is 12.1. The Labute approximate surface area is 97.1 Å². The Kier molecular flexibility index (Phi) is 4.98. The Morgan fingerprint density at radius 2 is 1.88 bits per heavy atom. The largest absolute Gasteiger partial charge is 0.434 e. The van der Waals surface area contributed by atoms with Crippen LogP contribution in [0.2, 0.25) is 0 Å². The van der Waals surface area contributed by atoms with E-state index in [0.717, 1.165) is 0 Å². The third kappa shape index (κ3) is 3.33. The number of rotatable bonds is 5. The molecule has 6 heteroatoms. The molecule has 2 unspecified atom stereocenters. The van der Waals surface area contributed by atoms with Crippen LogP contribution in [0.3, 0.4) is 0 Å². The molecule has 0 saturated heterocycles. The summed E-state index contributed by atoms with van der Waals surface area (Å²) in [7, 11) is 0. The van der Waals surface area contributed by atoms with E-state index in [-0.39, 0.29) is 17.1 Å². The van der Waals surface area contributed by atoms with Gasteiger partial charge in [0.1, 0.15) is 11.9 Å². The molecule has 2 N–H and O–H groups in total. The van der Waals surface area contributed by atoms with Crippen molar-refractivity contribution in [3.05, 3.63) is 29.8 Å². The summed E-state index contributed by atoms with van der Waals surface area (Å²) >= 11 is 3.81. The number of thiol groups is 1. The summed E-state index contributed by atoms with van der Waals surface area (Å²) in [5.74, 6) is -0.129. The van der Waals surface area contributed by atoms with Crippen LogP contribution >= 0.6 is 12.6 Å². The van der Waals surface area contributed by atoms with Gasteiger partial charge in [-0.15, -0.1) is 0 Å². The van der Waals surface area contributed by atoms with Gasteiger partial charge in [0.15, 0.2) is 0 Å². The Morgan fingerprint density at radius 3 is 2.44 bits per heavy atom. The van der Waals surface area contributed by atoms with Crippen molar-refractivity contribution in [3.63, 3.8) is 0 Å². The summed E-state index contributed by atoms with van der Waals surface area (Å²) in [4.78, 5) is 0. The van der Waals surface area contributed by atoms with Gasteiger partial charge in [-0.2, -0.15) is 21.4 Å². The molecule has 16 heavy (non-hydrogen) atoms. The molecule has 0 aliphatic rings. The Morgan fingerprint density at radius 1 is 1.25 bits per heavy atom. The SMILES string of the molecule is OC(CS)C(O)c1ccccc1OC(F)F. The van der Waals surface area contributed by atoms with Crippen molar-refractivity contribution in [2.24, 2.45) is 0 Å². The van der Waals surface area contributed by atoms with E-state index in [9.17, 15) is 19.0 Å². The first-order valence-corrected chi connectivity index (χ1v) is 5.20. The molecule has 0 spiro atoms. The molecular formula is C10H12F2O3S. The first-order valence-electron chi connectivity index (χ1n) is 4.57. The minimum Gasteiger partial charge on any atom is -0.434 e. The fraction of sp³-hybridized carbons (Fsp3) is 0.400. The average Bonchev–Trinajstić information content (AvgIpc) is 2.27. The molecular weight excluding hydrogens is 238 g/mol. The second kappa shape index (κ2) is 6.03. The zero-order valence-corrected chi connectivity index (χ0v) is 9.15. The van der Waals surface area contributed by atoms with Gasteiger partial charge in [0.25, 0.3) is 0 Å². The smallest absolute Gasteiger partial charge is 0.387 e. The number of halogens is 2. The number of aliphatic hydroxyl groups excluding tert-OH is 2. The molecule has 1 rings (SSSR count). The second-order valence-electron chi connectivity index (χ2n) is 3.11. The maximum Gasteiger partial charge on any atom is 0.387 e. The van der Waals surface area contributed by atoms with Crippen LogP contribution in [0.15, 0.2) is 24.3 Å². The topological polar surface area (TPSA) is 49.7 Å². The van der Waals surface area contributed by atoms with Crippen molar-refractivity contribution in [2.45, 2.75) is 18.8 Å². The zero-order valence-electron chi connectivity index (χ0n) is 8.25. The van der Waals surface area contributed by atoms with Crippen molar-refractivity contribution in [1.29, 1.82) is 0 Å². The minimum absolute atomic E-state index is 0.0180. The molecule has 90 valence electrons. The van der Waals surface area contributed by atoms with Crippen LogP contribution in [0, 0.1) is 0 Å². The number of benzene rings is 1. The van der Waals surface area contributed by atoms with Crippen LogP contribution in [0.5, 0.6) is 5.75 Å². The summed E-state index contributed by atoms with van der Waals surface area (Å²) in [6, 6.07) is 5.77. The predicted molar refractivity (Wildman–Crippen MR) is 57.9 cm³/mol. The lowest BCUT2D eigenvalue weighted by Crippen LogP contribution is -2.20. The van der Waals surface area contributed by atoms with E-state index in [4.69, 9.17) is 0 Å². The summed E-state index contributed by atoms with van der Waals surface area (Å²) in [6.07, 6.45) is -2.43. The first-order chi connectivity index (χ1) is 7.56. The molecule has 0 aliphatic heterocycles. The quantitative estimate of drug-likeness (QED) is 0.696. The highest BCUT2D eigenvalue weighted by molar-refractivity contribution is 7.80. The molecule has 0 amide bonds. The molecule has 0 bridgehead atoms. The Balaban J connectivity index is 2.93. The van der Waals surface area contributed by atoms with Crippen LogP contribution in [-0.2, 0) is 0 Å². The van der Waals surface area contributed by atoms with Crippen LogP contribution < -0.4 is 4.74 Å². The van der Waals surface area contributed by atoms with E-state index in [0.29, 0.717) is 0 Å². The van der Waals surface area contributed by atoms with E-state index in [1.807, 2.05) is 0 Å². The molecule has 0 heterocycles. The molecule has 0 aliphatic carbocycles. The summed E-state index contributed by atoms with van der Waals surface area (Å²) < 4.78 is 28.4. The fourth-order valence-electron chi connectivity index (χ4n) is 1.24. The molecule has 2 atom stereocenters. The number of alkyl halides is 2. The maximum atomic E-state index is 12.1. The van der Waals surface area contributed by atoms with Crippen LogP contribution in [0.1, 0.15) is 11.7 Å². The lowest BCUT2D eigenvalue weighted by atomic mass is 10.0. The van der Waals surface area contributed by atoms with Crippen LogP contribution in [0.25, 0.3) is 0 Å². The third-order valence-electron chi connectivity index (χ3n) is 2.01. The van der Waals surface area contributed by atoms with Gasteiger partial charge < -0.3 is 14.9 Å². The maximum absolute atomic E-state index is 12.1. The summed E-state index contributed by atoms with van der Waals surface area (Å²) in [5.41, 5.74) is 0.115. The monoisotopic (exact) mass is 250 g/mol. The molecule has 0 aromatic heterocycles. The minimum atomic E-state index is -2.97. The summed E-state index contributed by atoms with van der Waals surface area (Å²) in [5, 5.41) is 19.0. The third-order valence-corrected chi connectivity index (χ3v) is 2.38. The highest BCUT2D eigenvalue weighted by atomic mass is 32.1. The van der Waals surface area contributed by atoms with Crippen molar-refractivity contribution in [3.8, 4) is 5.75 Å². The van der Waals surface area contributed by atoms with Gasteiger partial charge in [-0.1, -0.05) is 18.2 Å². The molecule has 3 nitrogen and oxygen atoms in total. The summed E-state index contributed by atoms with van der Waals surface area (Å²) in [6.45, 7) is -2.97. The first kappa shape index (κ1) is 13.2. The fourth-order valence-corrected chi connectivity index (χ4v) is 1.43. The number of hydrogen-bond donors (Lipinski definition) is 3. The Hall–Kier alpha value is -0.850. The molecule has 1 aromatic rings. The van der Waals surface area contributed by atoms with Gasteiger partial charge in [0.05, 0.1) is 6.10 Å². The highest BCUT2D eigenvalue weighted by Gasteiger charge is 2.21. The second-order valence-corrected chi connectivity index (χ2v) is 3.48. The van der Waals surface area contributed by atoms with Crippen molar-refractivity contribution >= 4 is 12.6 Å². The lowest BCUT2D eigenvalue weighted by Gasteiger charge is -2.19. The van der Waals surface area contributed by atoms with Crippen molar-refractivity contribution in [2.75, 3.05) is 5.75 Å². The highest BCUT2D eigenvalue weighted by Crippen LogP contribution is 2.28. The van der Waals surface area contributed by atoms with E-state index in [2.05, 4.69) is 17.4 Å². The normalized spacial score (nSPS) is 14.9. The van der Waals surface area contributed by atoms with E-state index in [1.54, 1.807) is 6.07 Å². The van der Waals surface area contributed by atoms with Gasteiger partial charge in [-0.3, -0.25) is 0 Å². The van der Waals surface area contributed by atoms with Crippen LogP contribution in [0.4, 0.5) is 8.78 Å². The number of ether oxygens (including phenoxy) is 1. The van der Waals surface area contributed by atoms with E-state index < -0.39 is 18.8 Å². The van der Waals surface area contributed by atoms with Gasteiger partial charge in [-0.05, 0) is 6.07 Å². The van der Waals surface area contributed by atoms with E-state index in [1.165, 1.54) is 18.2 Å². The number of para-hydroxylation sites is 1. The molecule has 1 aromatic carbocycles. The van der Waals surface area contributed by atoms with Gasteiger partial charge in [0.2, 0.25) is 0 Å². The van der Waals surface area contributed by atoms with Crippen LogP contribution in [-0.4, -0.2) is 28.7 Å². The predicted octanol–water partition coefficient (Wildman–Crippen LogP) is 1.61. The standard InChI is InChI=1S/C10H12F2O3S/c11-10(12)15-8-4-2-1-3-6(8)9(14)7(13)5-16/h1-4,7,9-10,13-14,16H,5H2. The average molecular weight is 250 g/mol. The number of hydrogen-bond acceptors (Lipinski definition) is 4. The number of aliphatic hydroxyl groups is 2. The van der Waals surface area contributed by atoms with Gasteiger partial charge in [0, 0.05) is 11.3 Å². The lowest BCUT2D eigenvalue weighted by molar-refractivity contribution is -0.0533.